The van der Waals surface area contributed by atoms with Crippen LogP contribution in [0.2, 0.25) is 0 Å². The summed E-state index contributed by atoms with van der Waals surface area (Å²) in [4.78, 5) is 11.4. The Labute approximate surface area is 99.8 Å². The number of amides is 1. The van der Waals surface area contributed by atoms with E-state index >= 15 is 0 Å². The molecule has 1 heterocycles. The molecule has 1 aromatic rings. The molecule has 0 bridgehead atoms. The average molecular weight is 236 g/mol. The van der Waals surface area contributed by atoms with Gasteiger partial charge in [-0.3, -0.25) is 10.1 Å². The number of hydrogen-bond acceptors (Lipinski definition) is 5. The van der Waals surface area contributed by atoms with Crippen LogP contribution in [0.25, 0.3) is 0 Å². The molecule has 2 N–H and O–H groups in total. The van der Waals surface area contributed by atoms with Crippen LogP contribution < -0.4 is 10.6 Å². The Morgan fingerprint density at radius 3 is 3.06 bits per heavy atom. The fourth-order valence-electron chi connectivity index (χ4n) is 1.34. The van der Waals surface area contributed by atoms with Gasteiger partial charge in [0.2, 0.25) is 5.91 Å². The van der Waals surface area contributed by atoms with Crippen LogP contribution >= 0.6 is 0 Å². The van der Waals surface area contributed by atoms with Crippen molar-refractivity contribution in [2.45, 2.75) is 19.4 Å². The van der Waals surface area contributed by atoms with E-state index < -0.39 is 0 Å². The molecule has 0 aromatic carbocycles. The van der Waals surface area contributed by atoms with E-state index in [1.807, 2.05) is 20.0 Å². The van der Waals surface area contributed by atoms with Crippen molar-refractivity contribution in [3.05, 3.63) is 12.2 Å². The van der Waals surface area contributed by atoms with Gasteiger partial charge in [0.25, 0.3) is 0 Å². The number of aryl methyl sites for hydroxylation is 1. The van der Waals surface area contributed by atoms with Crippen molar-refractivity contribution >= 4 is 5.91 Å². The zero-order chi connectivity index (χ0) is 12.7. The van der Waals surface area contributed by atoms with Gasteiger partial charge < -0.3 is 9.88 Å². The summed E-state index contributed by atoms with van der Waals surface area (Å²) in [6, 6.07) is 1.91. The van der Waals surface area contributed by atoms with Gasteiger partial charge >= 0.3 is 0 Å². The first-order valence-electron chi connectivity index (χ1n) is 5.36. The zero-order valence-corrected chi connectivity index (χ0v) is 9.97. The molecule has 0 spiro atoms. The zero-order valence-electron chi connectivity index (χ0n) is 9.97. The Balaban J connectivity index is 2.29. The third-order valence-electron chi connectivity index (χ3n) is 2.26. The SMILES string of the molecule is CC(NCC(=O)NCCC#N)c1nncn1C. The Bertz CT molecular complexity index is 407. The maximum Gasteiger partial charge on any atom is 0.234 e. The highest BCUT2D eigenvalue weighted by Gasteiger charge is 2.11. The second-order valence-electron chi connectivity index (χ2n) is 3.66. The Morgan fingerprint density at radius 1 is 1.71 bits per heavy atom. The quantitative estimate of drug-likeness (QED) is 0.649. The summed E-state index contributed by atoms with van der Waals surface area (Å²) in [5.41, 5.74) is 0. The average Bonchev–Trinajstić information content (AvgIpc) is 2.73. The van der Waals surface area contributed by atoms with E-state index in [-0.39, 0.29) is 18.5 Å². The first kappa shape index (κ1) is 13.1. The third-order valence-corrected chi connectivity index (χ3v) is 2.26. The fraction of sp³-hybridized carbons (Fsp3) is 0.600. The van der Waals surface area contributed by atoms with Gasteiger partial charge in [0, 0.05) is 13.6 Å². The van der Waals surface area contributed by atoms with Crippen molar-refractivity contribution in [1.29, 1.82) is 5.26 Å². The molecule has 17 heavy (non-hydrogen) atoms. The monoisotopic (exact) mass is 236 g/mol. The van der Waals surface area contributed by atoms with Gasteiger partial charge in [0.05, 0.1) is 25.1 Å². The smallest absolute Gasteiger partial charge is 0.234 e. The molecule has 1 aromatic heterocycles. The molecular weight excluding hydrogens is 220 g/mol. The first-order chi connectivity index (χ1) is 8.15. The highest BCUT2D eigenvalue weighted by atomic mass is 16.1. The minimum absolute atomic E-state index is 0.0517. The number of nitrogens with zero attached hydrogens (tertiary/aromatic N) is 4. The normalized spacial score (nSPS) is 11.8. The summed E-state index contributed by atoms with van der Waals surface area (Å²) in [6.07, 6.45) is 1.94. The first-order valence-corrected chi connectivity index (χ1v) is 5.36. The van der Waals surface area contributed by atoms with E-state index in [0.29, 0.717) is 13.0 Å². The van der Waals surface area contributed by atoms with E-state index in [1.54, 1.807) is 10.9 Å². The summed E-state index contributed by atoms with van der Waals surface area (Å²) >= 11 is 0. The van der Waals surface area contributed by atoms with Gasteiger partial charge in [-0.15, -0.1) is 10.2 Å². The fourth-order valence-corrected chi connectivity index (χ4v) is 1.34. The van der Waals surface area contributed by atoms with Gasteiger partial charge in [0.15, 0.2) is 0 Å². The molecule has 0 saturated carbocycles. The van der Waals surface area contributed by atoms with Crippen LogP contribution in [-0.2, 0) is 11.8 Å². The largest absolute Gasteiger partial charge is 0.354 e. The highest BCUT2D eigenvalue weighted by Crippen LogP contribution is 2.05. The number of carbonyl (C=O) groups is 1. The van der Waals surface area contributed by atoms with E-state index in [4.69, 9.17) is 5.26 Å². The summed E-state index contributed by atoms with van der Waals surface area (Å²) in [7, 11) is 1.85. The molecule has 0 aliphatic heterocycles. The third kappa shape index (κ3) is 4.20. The van der Waals surface area contributed by atoms with E-state index in [2.05, 4.69) is 20.8 Å². The molecule has 0 aliphatic carbocycles. The second kappa shape index (κ2) is 6.60. The lowest BCUT2D eigenvalue weighted by Crippen LogP contribution is -2.36. The number of rotatable bonds is 6. The second-order valence-corrected chi connectivity index (χ2v) is 3.66. The number of nitrogens with one attached hydrogen (secondary N) is 2. The van der Waals surface area contributed by atoms with Gasteiger partial charge in [-0.2, -0.15) is 5.26 Å². The summed E-state index contributed by atoms with van der Waals surface area (Å²) < 4.78 is 1.80. The van der Waals surface area contributed by atoms with Gasteiger partial charge in [-0.1, -0.05) is 0 Å². The highest BCUT2D eigenvalue weighted by molar-refractivity contribution is 5.77. The summed E-state index contributed by atoms with van der Waals surface area (Å²) in [6.45, 7) is 2.49. The number of carbonyl (C=O) groups excluding carboxylic acids is 1. The van der Waals surface area contributed by atoms with E-state index in [9.17, 15) is 4.79 Å². The molecule has 0 radical (unpaired) electrons. The van der Waals surface area contributed by atoms with Crippen molar-refractivity contribution in [3.8, 4) is 6.07 Å². The maximum atomic E-state index is 11.4. The molecule has 92 valence electrons. The van der Waals surface area contributed by atoms with E-state index in [0.717, 1.165) is 5.82 Å². The van der Waals surface area contributed by atoms with Crippen LogP contribution in [0, 0.1) is 11.3 Å². The molecule has 1 amide bonds. The van der Waals surface area contributed by atoms with Crippen LogP contribution in [0.4, 0.5) is 0 Å². The molecule has 0 aliphatic rings. The Morgan fingerprint density at radius 2 is 2.47 bits per heavy atom. The minimum Gasteiger partial charge on any atom is -0.354 e. The van der Waals surface area contributed by atoms with E-state index in [1.165, 1.54) is 0 Å². The molecule has 1 atom stereocenters. The number of hydrogen-bond donors (Lipinski definition) is 2. The van der Waals surface area contributed by atoms with Gasteiger partial charge in [-0.05, 0) is 6.92 Å². The topological polar surface area (TPSA) is 95.6 Å². The molecule has 1 unspecified atom stereocenters. The molecule has 0 fully saturated rings. The minimum atomic E-state index is -0.130. The molecular formula is C10H16N6O. The predicted molar refractivity (Wildman–Crippen MR) is 60.7 cm³/mol. The van der Waals surface area contributed by atoms with Crippen molar-refractivity contribution in [2.75, 3.05) is 13.1 Å². The lowest BCUT2D eigenvalue weighted by Gasteiger charge is -2.12. The van der Waals surface area contributed by atoms with Crippen molar-refractivity contribution in [3.63, 3.8) is 0 Å². The molecule has 7 nitrogen and oxygen atoms in total. The van der Waals surface area contributed by atoms with Crippen molar-refractivity contribution in [1.82, 2.24) is 25.4 Å². The predicted octanol–water partition coefficient (Wildman–Crippen LogP) is -0.504. The lowest BCUT2D eigenvalue weighted by atomic mass is 10.3. The molecule has 0 saturated heterocycles. The van der Waals surface area contributed by atoms with Crippen LogP contribution in [-0.4, -0.2) is 33.8 Å². The summed E-state index contributed by atoms with van der Waals surface area (Å²) in [5.74, 6) is 0.643. The molecule has 1 rings (SSSR count). The van der Waals surface area contributed by atoms with Crippen LogP contribution in [0.3, 0.4) is 0 Å². The van der Waals surface area contributed by atoms with Gasteiger partial charge in [0.1, 0.15) is 12.2 Å². The van der Waals surface area contributed by atoms with Crippen LogP contribution in [0.1, 0.15) is 25.2 Å². The Hall–Kier alpha value is -1.94. The standard InChI is InChI=1S/C10H16N6O/c1-8(10-15-14-7-16(10)2)13-6-9(17)12-5-3-4-11/h7-8,13H,3,5-6H2,1-2H3,(H,12,17). The maximum absolute atomic E-state index is 11.4. The molecule has 7 heteroatoms. The van der Waals surface area contributed by atoms with Crippen LogP contribution in [0.15, 0.2) is 6.33 Å². The van der Waals surface area contributed by atoms with Crippen molar-refractivity contribution < 1.29 is 4.79 Å². The number of aromatic nitrogens is 3. The summed E-state index contributed by atoms with van der Waals surface area (Å²) in [5, 5.41) is 21.7. The van der Waals surface area contributed by atoms with Crippen LogP contribution in [0.5, 0.6) is 0 Å². The lowest BCUT2D eigenvalue weighted by molar-refractivity contribution is -0.120. The number of nitriles is 1. The van der Waals surface area contributed by atoms with Crippen molar-refractivity contribution in [2.24, 2.45) is 7.05 Å². The Kier molecular flexibility index (Phi) is 5.10. The van der Waals surface area contributed by atoms with Gasteiger partial charge in [-0.25, -0.2) is 0 Å².